The second kappa shape index (κ2) is 11.6. The lowest BCUT2D eigenvalue weighted by Crippen LogP contribution is -2.28. The topological polar surface area (TPSA) is 79.5 Å². The van der Waals surface area contributed by atoms with Crippen molar-refractivity contribution in [3.05, 3.63) is 17.7 Å². The number of aromatic nitrogens is 2. The summed E-state index contributed by atoms with van der Waals surface area (Å²) in [7, 11) is -2.00. The lowest BCUT2D eigenvalue weighted by atomic mass is 10.1. The Morgan fingerprint density at radius 3 is 2.24 bits per heavy atom. The van der Waals surface area contributed by atoms with Crippen LogP contribution in [0.5, 0.6) is 0 Å². The Balaban J connectivity index is 2.10. The highest BCUT2D eigenvalue weighted by molar-refractivity contribution is 7.89. The molecular weight excluding hydrogens is 388 g/mol. The molecule has 0 saturated carbocycles. The summed E-state index contributed by atoms with van der Waals surface area (Å²) < 4.78 is 32.5. The van der Waals surface area contributed by atoms with E-state index in [1.807, 2.05) is 6.07 Å². The zero-order valence-electron chi connectivity index (χ0n) is 18.4. The van der Waals surface area contributed by atoms with Crippen LogP contribution in [-0.2, 0) is 16.4 Å². The van der Waals surface area contributed by atoms with Crippen LogP contribution < -0.4 is 0 Å². The molecule has 0 aliphatic heterocycles. The van der Waals surface area contributed by atoms with Crippen LogP contribution in [-0.4, -0.2) is 61.2 Å². The second-order valence-corrected chi connectivity index (χ2v) is 9.57. The molecule has 0 radical (unpaired) electrons. The molecule has 7 nitrogen and oxygen atoms in total. The normalized spacial score (nSPS) is 12.5. The lowest BCUT2D eigenvalue weighted by molar-refractivity contribution is 0.306. The molecule has 0 amide bonds. The van der Waals surface area contributed by atoms with Crippen molar-refractivity contribution in [3.63, 3.8) is 0 Å². The maximum absolute atomic E-state index is 13.1. The monoisotopic (exact) mass is 424 g/mol. The van der Waals surface area contributed by atoms with E-state index in [4.69, 9.17) is 4.63 Å². The number of likely N-dealkylation sites (N-methyl/N-ethyl adjacent to an activating group) is 1. The molecule has 8 heteroatoms. The molecule has 0 aliphatic carbocycles. The number of rotatable bonds is 14. The summed E-state index contributed by atoms with van der Waals surface area (Å²) in [5.74, 6) is 0. The van der Waals surface area contributed by atoms with E-state index < -0.39 is 10.0 Å². The van der Waals surface area contributed by atoms with Crippen molar-refractivity contribution in [2.75, 3.05) is 33.2 Å². The van der Waals surface area contributed by atoms with Crippen LogP contribution in [0.15, 0.2) is 21.7 Å². The van der Waals surface area contributed by atoms with E-state index >= 15 is 0 Å². The minimum atomic E-state index is -3.63. The Bertz CT molecular complexity index is 847. The minimum absolute atomic E-state index is 0.175. The number of sulfonamides is 1. The minimum Gasteiger partial charge on any atom is -0.304 e. The van der Waals surface area contributed by atoms with Crippen LogP contribution in [0.3, 0.4) is 0 Å². The van der Waals surface area contributed by atoms with E-state index in [0.29, 0.717) is 17.6 Å². The zero-order valence-corrected chi connectivity index (χ0v) is 19.2. The number of fused-ring (bicyclic) bond motifs is 1. The summed E-state index contributed by atoms with van der Waals surface area (Å²) >= 11 is 0. The first-order valence-electron chi connectivity index (χ1n) is 10.9. The van der Waals surface area contributed by atoms with E-state index in [9.17, 15) is 8.42 Å². The molecule has 164 valence electrons. The average molecular weight is 425 g/mol. The summed E-state index contributed by atoms with van der Waals surface area (Å²) in [4.78, 5) is 2.49. The largest absolute Gasteiger partial charge is 0.304 e. The summed E-state index contributed by atoms with van der Waals surface area (Å²) in [6.07, 6.45) is 7.51. The van der Waals surface area contributed by atoms with Crippen molar-refractivity contribution in [3.8, 4) is 0 Å². The number of hydrogen-bond donors (Lipinski definition) is 0. The Kier molecular flexibility index (Phi) is 9.52. The molecular formula is C21H36N4O3S. The predicted octanol–water partition coefficient (Wildman–Crippen LogP) is 4.09. The van der Waals surface area contributed by atoms with Crippen LogP contribution in [0.2, 0.25) is 0 Å². The SMILES string of the molecule is CCCCCCCCN(C)S(=O)(=O)c1ccc(CCN(CC)CC)c2nonc12. The van der Waals surface area contributed by atoms with Crippen LogP contribution in [0.25, 0.3) is 11.0 Å². The van der Waals surface area contributed by atoms with E-state index in [1.165, 1.54) is 23.6 Å². The fraction of sp³-hybridized carbons (Fsp3) is 0.714. The highest BCUT2D eigenvalue weighted by Gasteiger charge is 2.26. The summed E-state index contributed by atoms with van der Waals surface area (Å²) in [6, 6.07) is 3.50. The summed E-state index contributed by atoms with van der Waals surface area (Å²) in [5, 5.41) is 7.92. The molecule has 0 N–H and O–H groups in total. The van der Waals surface area contributed by atoms with Crippen molar-refractivity contribution in [2.45, 2.75) is 70.6 Å². The number of nitrogens with zero attached hydrogens (tertiary/aromatic N) is 4. The first kappa shape index (κ1) is 23.8. The Labute approximate surface area is 175 Å². The summed E-state index contributed by atoms with van der Waals surface area (Å²) in [6.45, 7) is 9.80. The fourth-order valence-corrected chi connectivity index (χ4v) is 4.85. The van der Waals surface area contributed by atoms with Gasteiger partial charge in [-0.05, 0) is 47.9 Å². The predicted molar refractivity (Wildman–Crippen MR) is 116 cm³/mol. The van der Waals surface area contributed by atoms with Gasteiger partial charge in [0.05, 0.1) is 0 Å². The van der Waals surface area contributed by atoms with Crippen molar-refractivity contribution in [2.24, 2.45) is 0 Å². The van der Waals surface area contributed by atoms with Gasteiger partial charge in [0.15, 0.2) is 5.52 Å². The van der Waals surface area contributed by atoms with Gasteiger partial charge in [0, 0.05) is 20.1 Å². The molecule has 0 saturated heterocycles. The third-order valence-electron chi connectivity index (χ3n) is 5.57. The van der Waals surface area contributed by atoms with Gasteiger partial charge in [-0.25, -0.2) is 17.4 Å². The lowest BCUT2D eigenvalue weighted by Gasteiger charge is -2.19. The fourth-order valence-electron chi connectivity index (χ4n) is 3.53. The first-order valence-corrected chi connectivity index (χ1v) is 12.3. The van der Waals surface area contributed by atoms with Crippen molar-refractivity contribution in [1.29, 1.82) is 0 Å². The number of hydrogen-bond acceptors (Lipinski definition) is 6. The van der Waals surface area contributed by atoms with Gasteiger partial charge in [0.25, 0.3) is 0 Å². The Morgan fingerprint density at radius 2 is 1.55 bits per heavy atom. The molecule has 0 aliphatic rings. The molecule has 0 unspecified atom stereocenters. The van der Waals surface area contributed by atoms with Crippen molar-refractivity contribution >= 4 is 21.1 Å². The van der Waals surface area contributed by atoms with Gasteiger partial charge in [-0.2, -0.15) is 0 Å². The van der Waals surface area contributed by atoms with Gasteiger partial charge in [-0.1, -0.05) is 58.9 Å². The van der Waals surface area contributed by atoms with Crippen molar-refractivity contribution in [1.82, 2.24) is 19.5 Å². The molecule has 1 aromatic heterocycles. The molecule has 29 heavy (non-hydrogen) atoms. The van der Waals surface area contributed by atoms with Gasteiger partial charge in [-0.3, -0.25) is 0 Å². The Hall–Kier alpha value is -1.51. The molecule has 1 heterocycles. The van der Waals surface area contributed by atoms with Crippen LogP contribution in [0.1, 0.15) is 64.9 Å². The van der Waals surface area contributed by atoms with Crippen LogP contribution >= 0.6 is 0 Å². The zero-order chi connectivity index (χ0) is 21.3. The maximum Gasteiger partial charge on any atom is 0.245 e. The van der Waals surface area contributed by atoms with E-state index in [2.05, 4.69) is 36.0 Å². The highest BCUT2D eigenvalue weighted by atomic mass is 32.2. The molecule has 2 rings (SSSR count). The van der Waals surface area contributed by atoms with Gasteiger partial charge in [0.2, 0.25) is 10.0 Å². The Morgan fingerprint density at radius 1 is 0.897 bits per heavy atom. The number of benzene rings is 1. The van der Waals surface area contributed by atoms with Gasteiger partial charge in [-0.15, -0.1) is 0 Å². The smallest absolute Gasteiger partial charge is 0.245 e. The van der Waals surface area contributed by atoms with Gasteiger partial charge >= 0.3 is 0 Å². The third-order valence-corrected chi connectivity index (χ3v) is 7.46. The number of unbranched alkanes of at least 4 members (excludes halogenated alkanes) is 5. The maximum atomic E-state index is 13.1. The molecule has 0 bridgehead atoms. The third kappa shape index (κ3) is 6.23. The molecule has 0 atom stereocenters. The van der Waals surface area contributed by atoms with Crippen LogP contribution in [0, 0.1) is 0 Å². The van der Waals surface area contributed by atoms with Gasteiger partial charge in [0.1, 0.15) is 10.4 Å². The standard InChI is InChI=1S/C21H36N4O3S/c1-5-8-9-10-11-12-16-24(4)29(26,27)19-14-13-18(15-17-25(6-2)7-3)20-21(19)23-28-22-20/h13-14H,5-12,15-17H2,1-4H3. The van der Waals surface area contributed by atoms with Crippen LogP contribution in [0.4, 0.5) is 0 Å². The second-order valence-electron chi connectivity index (χ2n) is 7.56. The molecule has 1 aromatic carbocycles. The molecule has 0 fully saturated rings. The average Bonchev–Trinajstić information content (AvgIpc) is 3.21. The van der Waals surface area contributed by atoms with E-state index in [0.717, 1.165) is 50.9 Å². The van der Waals surface area contributed by atoms with E-state index in [1.54, 1.807) is 13.1 Å². The van der Waals surface area contributed by atoms with Gasteiger partial charge < -0.3 is 4.90 Å². The highest BCUT2D eigenvalue weighted by Crippen LogP contribution is 2.26. The quantitative estimate of drug-likeness (QED) is 0.425. The van der Waals surface area contributed by atoms with E-state index in [-0.39, 0.29) is 4.90 Å². The molecule has 2 aromatic rings. The first-order chi connectivity index (χ1) is 14.0. The summed E-state index contributed by atoms with van der Waals surface area (Å²) in [5.41, 5.74) is 1.84. The van der Waals surface area contributed by atoms with Crippen molar-refractivity contribution < 1.29 is 13.0 Å². The molecule has 0 spiro atoms.